The highest BCUT2D eigenvalue weighted by atomic mass is 16.5. The van der Waals surface area contributed by atoms with Gasteiger partial charge in [0.25, 0.3) is 5.91 Å². The standard InChI is InChI=1S/C17H24N4O4/c1-9(22)14(16(19)23)21-17(24)15(20-2)12-7-11(5-6-13(12)18)25-8-10-3-4-10/h5-7,9-10,14,18,20,22H,3-4,8H2,1-2H3,(H2,19,23)(H,21,24)/b15-12-,18-13?/t9-,14+/m1/s1. The second kappa shape index (κ2) is 7.98. The van der Waals surface area contributed by atoms with Crippen LogP contribution in [-0.2, 0) is 14.3 Å². The molecular weight excluding hydrogens is 324 g/mol. The minimum absolute atomic E-state index is 0.0915. The predicted octanol–water partition coefficient (Wildman–Crippen LogP) is -0.289. The number of hydrogen-bond acceptors (Lipinski definition) is 6. The normalized spacial score (nSPS) is 21.1. The average molecular weight is 348 g/mol. The molecule has 0 radical (unpaired) electrons. The largest absolute Gasteiger partial charge is 0.493 e. The van der Waals surface area contributed by atoms with E-state index in [0.29, 0.717) is 23.9 Å². The molecule has 0 aliphatic heterocycles. The first-order valence-electron chi connectivity index (χ1n) is 8.15. The lowest BCUT2D eigenvalue weighted by Gasteiger charge is -2.21. The molecule has 1 saturated carbocycles. The molecule has 1 fully saturated rings. The topological polar surface area (TPSA) is 138 Å². The van der Waals surface area contributed by atoms with Crippen LogP contribution in [-0.4, -0.2) is 48.4 Å². The molecule has 2 rings (SSSR count). The van der Waals surface area contributed by atoms with E-state index in [9.17, 15) is 14.7 Å². The summed E-state index contributed by atoms with van der Waals surface area (Å²) in [5, 5.41) is 22.7. The molecule has 2 amide bonds. The first kappa shape index (κ1) is 18.7. The molecule has 25 heavy (non-hydrogen) atoms. The fraction of sp³-hybridized carbons (Fsp3) is 0.471. The highest BCUT2D eigenvalue weighted by molar-refractivity contribution is 6.14. The van der Waals surface area contributed by atoms with Gasteiger partial charge in [-0.25, -0.2) is 0 Å². The predicted molar refractivity (Wildman–Crippen MR) is 92.5 cm³/mol. The van der Waals surface area contributed by atoms with Crippen LogP contribution in [0.1, 0.15) is 19.8 Å². The van der Waals surface area contributed by atoms with E-state index in [1.54, 1.807) is 18.2 Å². The Morgan fingerprint density at radius 3 is 2.64 bits per heavy atom. The van der Waals surface area contributed by atoms with Crippen molar-refractivity contribution in [2.24, 2.45) is 11.7 Å². The van der Waals surface area contributed by atoms with E-state index in [-0.39, 0.29) is 11.4 Å². The number of allylic oxidation sites excluding steroid dienone is 4. The summed E-state index contributed by atoms with van der Waals surface area (Å²) in [6.07, 6.45) is 6.02. The lowest BCUT2D eigenvalue weighted by atomic mass is 10.0. The number of rotatable bonds is 8. The van der Waals surface area contributed by atoms with Crippen LogP contribution in [0.25, 0.3) is 0 Å². The molecule has 0 aromatic carbocycles. The number of ether oxygens (including phenoxy) is 1. The Labute approximate surface area is 146 Å². The third kappa shape index (κ3) is 4.93. The van der Waals surface area contributed by atoms with Gasteiger partial charge >= 0.3 is 0 Å². The average Bonchev–Trinajstić information content (AvgIpc) is 3.37. The molecule has 0 heterocycles. The molecule has 136 valence electrons. The van der Waals surface area contributed by atoms with E-state index in [4.69, 9.17) is 15.9 Å². The fourth-order valence-corrected chi connectivity index (χ4v) is 2.33. The fourth-order valence-electron chi connectivity index (χ4n) is 2.33. The van der Waals surface area contributed by atoms with Crippen molar-refractivity contribution < 1.29 is 19.4 Å². The van der Waals surface area contributed by atoms with Crippen molar-refractivity contribution in [2.45, 2.75) is 31.9 Å². The van der Waals surface area contributed by atoms with Crippen LogP contribution >= 0.6 is 0 Å². The van der Waals surface area contributed by atoms with Gasteiger partial charge in [-0.1, -0.05) is 0 Å². The van der Waals surface area contributed by atoms with Gasteiger partial charge in [-0.15, -0.1) is 0 Å². The molecule has 6 N–H and O–H groups in total. The highest BCUT2D eigenvalue weighted by Gasteiger charge is 2.27. The van der Waals surface area contributed by atoms with E-state index in [2.05, 4.69) is 10.6 Å². The maximum atomic E-state index is 12.5. The Morgan fingerprint density at radius 1 is 1.44 bits per heavy atom. The Bertz CT molecular complexity index is 660. The zero-order valence-corrected chi connectivity index (χ0v) is 14.3. The number of aliphatic hydroxyl groups excluding tert-OH is 1. The molecule has 8 nitrogen and oxygen atoms in total. The Kier molecular flexibility index (Phi) is 5.97. The number of primary amides is 1. The summed E-state index contributed by atoms with van der Waals surface area (Å²) in [5.74, 6) is -0.329. The number of carbonyl (C=O) groups excluding carboxylic acids is 2. The maximum Gasteiger partial charge on any atom is 0.268 e. The quantitative estimate of drug-likeness (QED) is 0.384. The lowest BCUT2D eigenvalue weighted by Crippen LogP contribution is -2.52. The molecule has 0 spiro atoms. The van der Waals surface area contributed by atoms with Gasteiger partial charge in [0.15, 0.2) is 0 Å². The molecule has 0 saturated heterocycles. The molecule has 2 aliphatic rings. The van der Waals surface area contributed by atoms with Crippen molar-refractivity contribution in [3.8, 4) is 0 Å². The van der Waals surface area contributed by atoms with Crippen LogP contribution in [0.15, 0.2) is 35.3 Å². The first-order chi connectivity index (χ1) is 11.8. The van der Waals surface area contributed by atoms with Crippen LogP contribution in [0.3, 0.4) is 0 Å². The number of hydrogen-bond donors (Lipinski definition) is 5. The van der Waals surface area contributed by atoms with Crippen molar-refractivity contribution in [3.63, 3.8) is 0 Å². The number of carbonyl (C=O) groups is 2. The van der Waals surface area contributed by atoms with Gasteiger partial charge in [0.1, 0.15) is 17.5 Å². The van der Waals surface area contributed by atoms with Gasteiger partial charge in [-0.2, -0.15) is 0 Å². The zero-order valence-electron chi connectivity index (χ0n) is 14.3. The van der Waals surface area contributed by atoms with Crippen LogP contribution in [0.5, 0.6) is 0 Å². The number of likely N-dealkylation sites (N-methyl/N-ethyl adjacent to an activating group) is 1. The van der Waals surface area contributed by atoms with Gasteiger partial charge < -0.3 is 31.6 Å². The lowest BCUT2D eigenvalue weighted by molar-refractivity contribution is -0.128. The van der Waals surface area contributed by atoms with E-state index in [1.807, 2.05) is 0 Å². The molecule has 2 atom stereocenters. The van der Waals surface area contributed by atoms with Gasteiger partial charge in [-0.3, -0.25) is 9.59 Å². The second-order valence-electron chi connectivity index (χ2n) is 6.18. The number of amides is 2. The summed E-state index contributed by atoms with van der Waals surface area (Å²) in [5.41, 5.74) is 5.75. The molecule has 0 bridgehead atoms. The summed E-state index contributed by atoms with van der Waals surface area (Å²) in [6.45, 7) is 1.97. The van der Waals surface area contributed by atoms with E-state index in [0.717, 1.165) is 12.8 Å². The summed E-state index contributed by atoms with van der Waals surface area (Å²) < 4.78 is 5.69. The van der Waals surface area contributed by atoms with Crippen molar-refractivity contribution >= 4 is 17.5 Å². The highest BCUT2D eigenvalue weighted by Crippen LogP contribution is 2.30. The van der Waals surface area contributed by atoms with Crippen molar-refractivity contribution in [1.82, 2.24) is 10.6 Å². The monoisotopic (exact) mass is 348 g/mol. The van der Waals surface area contributed by atoms with Crippen LogP contribution in [0, 0.1) is 11.3 Å². The summed E-state index contributed by atoms with van der Waals surface area (Å²) >= 11 is 0. The van der Waals surface area contributed by atoms with Crippen molar-refractivity contribution in [2.75, 3.05) is 13.7 Å². The number of nitrogens with one attached hydrogen (secondary N) is 3. The Balaban J connectivity index is 2.21. The Morgan fingerprint density at radius 2 is 2.12 bits per heavy atom. The van der Waals surface area contributed by atoms with Gasteiger partial charge in [0.05, 0.1) is 18.4 Å². The number of aliphatic hydroxyl groups is 1. The maximum absolute atomic E-state index is 12.5. The van der Waals surface area contributed by atoms with Crippen molar-refractivity contribution in [3.05, 3.63) is 35.3 Å². The van der Waals surface area contributed by atoms with Gasteiger partial charge in [0, 0.05) is 12.6 Å². The SMILES string of the molecule is CN/C(C(=O)N[C@H](C(N)=O)[C@@H](C)O)=C1/C=C(OCC2CC2)C=CC1=N. The minimum Gasteiger partial charge on any atom is -0.493 e. The van der Waals surface area contributed by atoms with E-state index >= 15 is 0 Å². The molecule has 0 aromatic heterocycles. The van der Waals surface area contributed by atoms with Crippen LogP contribution in [0.2, 0.25) is 0 Å². The molecule has 0 unspecified atom stereocenters. The smallest absolute Gasteiger partial charge is 0.268 e. The number of nitrogens with two attached hydrogens (primary N) is 1. The third-order valence-corrected chi connectivity index (χ3v) is 4.00. The van der Waals surface area contributed by atoms with Crippen molar-refractivity contribution in [1.29, 1.82) is 5.41 Å². The first-order valence-corrected chi connectivity index (χ1v) is 8.15. The van der Waals surface area contributed by atoms with E-state index < -0.39 is 24.0 Å². The Hall–Kier alpha value is -2.61. The summed E-state index contributed by atoms with van der Waals surface area (Å²) in [7, 11) is 1.54. The van der Waals surface area contributed by atoms with E-state index in [1.165, 1.54) is 14.0 Å². The second-order valence-corrected chi connectivity index (χ2v) is 6.18. The molecular formula is C17H24N4O4. The van der Waals surface area contributed by atoms with Gasteiger partial charge in [-0.05, 0) is 43.9 Å². The van der Waals surface area contributed by atoms with Crippen LogP contribution < -0.4 is 16.4 Å². The van der Waals surface area contributed by atoms with Crippen LogP contribution in [0.4, 0.5) is 0 Å². The zero-order chi connectivity index (χ0) is 18.6. The van der Waals surface area contributed by atoms with Gasteiger partial charge in [0.2, 0.25) is 5.91 Å². The molecule has 8 heteroatoms. The molecule has 2 aliphatic carbocycles. The summed E-state index contributed by atoms with van der Waals surface area (Å²) in [4.78, 5) is 23.8. The molecule has 0 aromatic rings. The summed E-state index contributed by atoms with van der Waals surface area (Å²) in [6, 6.07) is -1.22. The third-order valence-electron chi connectivity index (χ3n) is 4.00. The minimum atomic E-state index is -1.22.